The number of amides is 2. The maximum absolute atomic E-state index is 13.0. The molecule has 2 amide bonds. The van der Waals surface area contributed by atoms with Gasteiger partial charge in [-0.05, 0) is 17.5 Å². The van der Waals surface area contributed by atoms with Gasteiger partial charge in [-0.3, -0.25) is 4.79 Å². The van der Waals surface area contributed by atoms with E-state index in [-0.39, 0.29) is 6.61 Å². The van der Waals surface area contributed by atoms with Crippen molar-refractivity contribution in [1.82, 2.24) is 10.6 Å². The molecule has 2 N–H and O–H groups in total. The summed E-state index contributed by atoms with van der Waals surface area (Å²) in [5.74, 6) is -0.981. The van der Waals surface area contributed by atoms with Gasteiger partial charge in [0.2, 0.25) is 5.91 Å². The van der Waals surface area contributed by atoms with Crippen molar-refractivity contribution >= 4 is 18.0 Å². The molecular weight excluding hydrogens is 408 g/mol. The van der Waals surface area contributed by atoms with Crippen LogP contribution in [0, 0.1) is 0 Å². The molecule has 0 saturated heterocycles. The zero-order valence-electron chi connectivity index (χ0n) is 18.7. The fraction of sp³-hybridized carbons (Fsp3) is 0.400. The van der Waals surface area contributed by atoms with E-state index in [9.17, 15) is 14.4 Å². The second-order valence-electron chi connectivity index (χ2n) is 7.53. The van der Waals surface area contributed by atoms with E-state index >= 15 is 0 Å². The second-order valence-corrected chi connectivity index (χ2v) is 7.53. The highest BCUT2D eigenvalue weighted by Crippen LogP contribution is 2.09. The summed E-state index contributed by atoms with van der Waals surface area (Å²) >= 11 is 0. The first-order chi connectivity index (χ1) is 15.5. The summed E-state index contributed by atoms with van der Waals surface area (Å²) < 4.78 is 10.1. The highest BCUT2D eigenvalue weighted by Gasteiger charge is 2.27. The molecule has 0 aromatic heterocycles. The van der Waals surface area contributed by atoms with Gasteiger partial charge in [-0.1, -0.05) is 86.8 Å². The van der Waals surface area contributed by atoms with Gasteiger partial charge in [-0.2, -0.15) is 0 Å². The van der Waals surface area contributed by atoms with E-state index in [1.165, 1.54) is 7.11 Å². The molecule has 2 atom stereocenters. The van der Waals surface area contributed by atoms with Crippen molar-refractivity contribution in [3.8, 4) is 0 Å². The van der Waals surface area contributed by atoms with Crippen molar-refractivity contribution in [3.05, 3.63) is 71.8 Å². The first-order valence-corrected chi connectivity index (χ1v) is 10.9. The van der Waals surface area contributed by atoms with Crippen LogP contribution >= 0.6 is 0 Å². The summed E-state index contributed by atoms with van der Waals surface area (Å²) in [5, 5.41) is 5.39. The molecular formula is C25H32N2O5. The summed E-state index contributed by atoms with van der Waals surface area (Å²) in [6.07, 6.45) is 2.72. The van der Waals surface area contributed by atoms with E-state index in [0.29, 0.717) is 12.8 Å². The van der Waals surface area contributed by atoms with E-state index < -0.39 is 30.1 Å². The van der Waals surface area contributed by atoms with Crippen LogP contribution < -0.4 is 10.6 Å². The van der Waals surface area contributed by atoms with Crippen molar-refractivity contribution < 1.29 is 23.9 Å². The number of benzene rings is 2. The Labute approximate surface area is 189 Å². The molecule has 2 aromatic rings. The van der Waals surface area contributed by atoms with Gasteiger partial charge in [0.1, 0.15) is 18.7 Å². The van der Waals surface area contributed by atoms with E-state index in [1.54, 1.807) is 0 Å². The van der Waals surface area contributed by atoms with Crippen LogP contribution in [0.15, 0.2) is 60.7 Å². The number of unbranched alkanes of at least 4 members (excludes halogenated alkanes) is 2. The third kappa shape index (κ3) is 8.79. The SMILES string of the molecule is CCCCC[C@H](NC(=O)OCc1ccccc1)C(=O)N[C@@H](Cc1ccccc1)C(=O)OC. The maximum Gasteiger partial charge on any atom is 0.408 e. The average molecular weight is 441 g/mol. The van der Waals surface area contributed by atoms with Crippen molar-refractivity contribution in [3.63, 3.8) is 0 Å². The Kier molecular flexibility index (Phi) is 10.8. The fourth-order valence-electron chi connectivity index (χ4n) is 3.23. The van der Waals surface area contributed by atoms with Gasteiger partial charge in [-0.15, -0.1) is 0 Å². The van der Waals surface area contributed by atoms with Crippen LogP contribution in [0.2, 0.25) is 0 Å². The number of esters is 1. The minimum Gasteiger partial charge on any atom is -0.467 e. The lowest BCUT2D eigenvalue weighted by Gasteiger charge is -2.22. The molecule has 2 aromatic carbocycles. The second kappa shape index (κ2) is 13.9. The number of carbonyl (C=O) groups is 3. The van der Waals surface area contributed by atoms with Gasteiger partial charge < -0.3 is 20.1 Å². The largest absolute Gasteiger partial charge is 0.467 e. The van der Waals surface area contributed by atoms with Crippen LogP contribution in [-0.2, 0) is 32.1 Å². The zero-order chi connectivity index (χ0) is 23.2. The van der Waals surface area contributed by atoms with Gasteiger partial charge in [0, 0.05) is 6.42 Å². The van der Waals surface area contributed by atoms with Crippen molar-refractivity contribution in [1.29, 1.82) is 0 Å². The lowest BCUT2D eigenvalue weighted by molar-refractivity contribution is -0.145. The molecule has 0 aliphatic heterocycles. The third-order valence-electron chi connectivity index (χ3n) is 5.00. The van der Waals surface area contributed by atoms with Crippen molar-refractivity contribution in [2.24, 2.45) is 0 Å². The van der Waals surface area contributed by atoms with E-state index in [0.717, 1.165) is 30.4 Å². The predicted molar refractivity (Wildman–Crippen MR) is 122 cm³/mol. The molecule has 0 spiro atoms. The Morgan fingerprint density at radius 3 is 2.06 bits per heavy atom. The Bertz CT molecular complexity index is 842. The molecule has 7 heteroatoms. The number of hydrogen-bond acceptors (Lipinski definition) is 5. The van der Waals surface area contributed by atoms with Crippen molar-refractivity contribution in [2.45, 2.75) is 57.7 Å². The minimum absolute atomic E-state index is 0.106. The van der Waals surface area contributed by atoms with E-state index in [4.69, 9.17) is 9.47 Å². The Hall–Kier alpha value is -3.35. The molecule has 32 heavy (non-hydrogen) atoms. The number of carbonyl (C=O) groups excluding carboxylic acids is 3. The normalized spacial score (nSPS) is 12.3. The molecule has 172 valence electrons. The molecule has 2 rings (SSSR count). The quantitative estimate of drug-likeness (QED) is 0.387. The molecule has 0 bridgehead atoms. The molecule has 0 aliphatic rings. The van der Waals surface area contributed by atoms with Crippen LogP contribution in [0.1, 0.15) is 43.7 Å². The van der Waals surface area contributed by atoms with Crippen LogP contribution in [-0.4, -0.2) is 37.2 Å². The number of rotatable bonds is 12. The van der Waals surface area contributed by atoms with Crippen LogP contribution in [0.4, 0.5) is 4.79 Å². The Morgan fingerprint density at radius 1 is 0.844 bits per heavy atom. The fourth-order valence-corrected chi connectivity index (χ4v) is 3.23. The van der Waals surface area contributed by atoms with Crippen molar-refractivity contribution in [2.75, 3.05) is 7.11 Å². The summed E-state index contributed by atoms with van der Waals surface area (Å²) in [7, 11) is 1.28. The van der Waals surface area contributed by atoms with E-state index in [1.807, 2.05) is 60.7 Å². The molecule has 7 nitrogen and oxygen atoms in total. The molecule has 0 fully saturated rings. The Balaban J connectivity index is 2.01. The van der Waals surface area contributed by atoms with Gasteiger partial charge in [-0.25, -0.2) is 9.59 Å². The lowest BCUT2D eigenvalue weighted by Crippen LogP contribution is -2.52. The first kappa shape index (κ1) is 24.9. The van der Waals surface area contributed by atoms with Gasteiger partial charge in [0.05, 0.1) is 7.11 Å². The minimum atomic E-state index is -0.856. The lowest BCUT2D eigenvalue weighted by atomic mass is 10.0. The predicted octanol–water partition coefficient (Wildman–Crippen LogP) is 3.76. The summed E-state index contributed by atoms with van der Waals surface area (Å²) in [6.45, 7) is 2.17. The number of ether oxygens (including phenoxy) is 2. The summed E-state index contributed by atoms with van der Waals surface area (Å²) in [6, 6.07) is 17.0. The summed E-state index contributed by atoms with van der Waals surface area (Å²) in [5.41, 5.74) is 1.74. The monoisotopic (exact) mass is 440 g/mol. The standard InChI is InChI=1S/C25H32N2O5/c1-3-4-7-16-21(27-25(30)32-18-20-14-10-6-11-15-20)23(28)26-22(24(29)31-2)17-19-12-8-5-9-13-19/h5-6,8-15,21-22H,3-4,7,16-18H2,1-2H3,(H,26,28)(H,27,30)/t21-,22-/m0/s1. The zero-order valence-corrected chi connectivity index (χ0v) is 18.7. The van der Waals surface area contributed by atoms with Crippen LogP contribution in [0.3, 0.4) is 0 Å². The van der Waals surface area contributed by atoms with Crippen LogP contribution in [0.5, 0.6) is 0 Å². The number of hydrogen-bond donors (Lipinski definition) is 2. The summed E-state index contributed by atoms with van der Waals surface area (Å²) in [4.78, 5) is 37.6. The molecule has 0 aliphatic carbocycles. The molecule has 0 unspecified atom stereocenters. The third-order valence-corrected chi connectivity index (χ3v) is 5.00. The topological polar surface area (TPSA) is 93.7 Å². The highest BCUT2D eigenvalue weighted by molar-refractivity contribution is 5.89. The average Bonchev–Trinajstić information content (AvgIpc) is 2.82. The first-order valence-electron chi connectivity index (χ1n) is 10.9. The van der Waals surface area contributed by atoms with Gasteiger partial charge >= 0.3 is 12.1 Å². The van der Waals surface area contributed by atoms with Gasteiger partial charge in [0.15, 0.2) is 0 Å². The number of nitrogens with one attached hydrogen (secondary N) is 2. The molecule has 0 saturated carbocycles. The highest BCUT2D eigenvalue weighted by atomic mass is 16.5. The maximum atomic E-state index is 13.0. The number of alkyl carbamates (subject to hydrolysis) is 1. The van der Waals surface area contributed by atoms with Crippen LogP contribution in [0.25, 0.3) is 0 Å². The number of methoxy groups -OCH3 is 1. The Morgan fingerprint density at radius 2 is 1.47 bits per heavy atom. The molecule has 0 radical (unpaired) electrons. The van der Waals surface area contributed by atoms with Gasteiger partial charge in [0.25, 0.3) is 0 Å². The smallest absolute Gasteiger partial charge is 0.408 e. The van der Waals surface area contributed by atoms with E-state index in [2.05, 4.69) is 17.6 Å². The molecule has 0 heterocycles.